The average Bonchev–Trinajstić information content (AvgIpc) is 2.45. The molecule has 104 valence electrons. The fourth-order valence-electron chi connectivity index (χ4n) is 1.93. The fourth-order valence-corrected chi connectivity index (χ4v) is 1.93. The van der Waals surface area contributed by atoms with E-state index in [-0.39, 0.29) is 11.7 Å². The van der Waals surface area contributed by atoms with Gasteiger partial charge in [0.15, 0.2) is 0 Å². The van der Waals surface area contributed by atoms with Crippen molar-refractivity contribution in [1.29, 1.82) is 0 Å². The number of phenols is 1. The van der Waals surface area contributed by atoms with Crippen LogP contribution in [-0.2, 0) is 0 Å². The Bertz CT molecular complexity index is 641. The molecule has 2 aromatic carbocycles. The van der Waals surface area contributed by atoms with Crippen LogP contribution in [0.1, 0.15) is 10.4 Å². The van der Waals surface area contributed by atoms with Crippen LogP contribution in [0.25, 0.3) is 0 Å². The first-order valence-electron chi connectivity index (χ1n) is 6.04. The predicted molar refractivity (Wildman–Crippen MR) is 78.2 cm³/mol. The van der Waals surface area contributed by atoms with Crippen LogP contribution in [0.15, 0.2) is 42.5 Å². The average molecular weight is 272 g/mol. The van der Waals surface area contributed by atoms with Crippen molar-refractivity contribution in [3.63, 3.8) is 0 Å². The number of anilines is 2. The van der Waals surface area contributed by atoms with Gasteiger partial charge in [0.25, 0.3) is 5.91 Å². The summed E-state index contributed by atoms with van der Waals surface area (Å²) in [4.78, 5) is 14.0. The number of amides is 1. The Kier molecular flexibility index (Phi) is 3.79. The molecule has 2 rings (SSSR count). The minimum atomic E-state index is -0.300. The number of carbonyl (C=O) groups excluding carboxylic acids is 1. The molecule has 5 heteroatoms. The van der Waals surface area contributed by atoms with Gasteiger partial charge in [0.2, 0.25) is 0 Å². The molecule has 0 unspecified atom stereocenters. The molecular formula is C15H16N2O3. The van der Waals surface area contributed by atoms with E-state index < -0.39 is 0 Å². The van der Waals surface area contributed by atoms with E-state index in [4.69, 9.17) is 10.5 Å². The lowest BCUT2D eigenvalue weighted by atomic mass is 10.1. The Morgan fingerprint density at radius 2 is 1.95 bits per heavy atom. The highest BCUT2D eigenvalue weighted by molar-refractivity contribution is 6.11. The summed E-state index contributed by atoms with van der Waals surface area (Å²) >= 11 is 0. The summed E-state index contributed by atoms with van der Waals surface area (Å²) in [7, 11) is 3.10. The van der Waals surface area contributed by atoms with E-state index in [2.05, 4.69) is 0 Å². The highest BCUT2D eigenvalue weighted by atomic mass is 16.5. The molecule has 0 aromatic heterocycles. The van der Waals surface area contributed by atoms with Crippen molar-refractivity contribution in [2.75, 3.05) is 24.8 Å². The van der Waals surface area contributed by atoms with Crippen molar-refractivity contribution in [3.8, 4) is 11.5 Å². The van der Waals surface area contributed by atoms with Crippen molar-refractivity contribution in [2.24, 2.45) is 0 Å². The van der Waals surface area contributed by atoms with E-state index in [1.165, 1.54) is 18.1 Å². The quantitative estimate of drug-likeness (QED) is 0.840. The molecule has 0 heterocycles. The van der Waals surface area contributed by atoms with Crippen LogP contribution in [0.3, 0.4) is 0 Å². The third-order valence-corrected chi connectivity index (χ3v) is 3.01. The van der Waals surface area contributed by atoms with Gasteiger partial charge in [0, 0.05) is 24.5 Å². The summed E-state index contributed by atoms with van der Waals surface area (Å²) in [5, 5.41) is 9.48. The summed E-state index contributed by atoms with van der Waals surface area (Å²) in [6, 6.07) is 11.5. The van der Waals surface area contributed by atoms with E-state index >= 15 is 0 Å². The molecule has 0 aliphatic rings. The zero-order valence-electron chi connectivity index (χ0n) is 11.3. The second kappa shape index (κ2) is 5.52. The van der Waals surface area contributed by atoms with Crippen LogP contribution in [0.4, 0.5) is 11.4 Å². The maximum Gasteiger partial charge on any atom is 0.263 e. The number of carbonyl (C=O) groups is 1. The number of aromatic hydroxyl groups is 1. The van der Waals surface area contributed by atoms with Gasteiger partial charge in [-0.3, -0.25) is 4.79 Å². The molecule has 0 bridgehead atoms. The van der Waals surface area contributed by atoms with Gasteiger partial charge >= 0.3 is 0 Å². The fraction of sp³-hybridized carbons (Fsp3) is 0.133. The smallest absolute Gasteiger partial charge is 0.263 e. The van der Waals surface area contributed by atoms with E-state index in [1.54, 1.807) is 43.4 Å². The molecule has 0 fully saturated rings. The van der Waals surface area contributed by atoms with Crippen molar-refractivity contribution >= 4 is 17.3 Å². The number of hydrogen-bond acceptors (Lipinski definition) is 4. The number of nitrogen functional groups attached to an aromatic ring is 1. The third-order valence-electron chi connectivity index (χ3n) is 3.01. The molecule has 0 radical (unpaired) electrons. The normalized spacial score (nSPS) is 10.1. The molecule has 3 N–H and O–H groups in total. The summed E-state index contributed by atoms with van der Waals surface area (Å²) in [5.74, 6) is 0.211. The summed E-state index contributed by atoms with van der Waals surface area (Å²) in [5.41, 5.74) is 7.09. The summed E-state index contributed by atoms with van der Waals surface area (Å²) in [6.07, 6.45) is 0. The van der Waals surface area contributed by atoms with Crippen molar-refractivity contribution < 1.29 is 14.6 Å². The Morgan fingerprint density at radius 1 is 1.25 bits per heavy atom. The maximum absolute atomic E-state index is 12.5. The number of nitrogens with two attached hydrogens (primary N) is 1. The minimum Gasteiger partial charge on any atom is -0.508 e. The molecule has 0 saturated carbocycles. The van der Waals surface area contributed by atoms with Crippen molar-refractivity contribution in [3.05, 3.63) is 48.0 Å². The molecule has 0 atom stereocenters. The van der Waals surface area contributed by atoms with Gasteiger partial charge < -0.3 is 20.5 Å². The number of phenolic OH excluding ortho intramolecular Hbond substituents is 1. The largest absolute Gasteiger partial charge is 0.508 e. The van der Waals surface area contributed by atoms with Gasteiger partial charge in [-0.1, -0.05) is 12.1 Å². The minimum absolute atomic E-state index is 0.0927. The van der Waals surface area contributed by atoms with Crippen LogP contribution >= 0.6 is 0 Å². The molecule has 20 heavy (non-hydrogen) atoms. The molecule has 0 spiro atoms. The first kappa shape index (κ1) is 13.7. The molecule has 0 aliphatic heterocycles. The molecular weight excluding hydrogens is 256 g/mol. The van der Waals surface area contributed by atoms with Crippen LogP contribution in [-0.4, -0.2) is 25.2 Å². The topological polar surface area (TPSA) is 75.8 Å². The highest BCUT2D eigenvalue weighted by Crippen LogP contribution is 2.28. The van der Waals surface area contributed by atoms with Gasteiger partial charge in [0.1, 0.15) is 17.1 Å². The zero-order valence-corrected chi connectivity index (χ0v) is 11.3. The van der Waals surface area contributed by atoms with Crippen LogP contribution in [0.5, 0.6) is 11.5 Å². The van der Waals surface area contributed by atoms with E-state index in [9.17, 15) is 9.90 Å². The summed E-state index contributed by atoms with van der Waals surface area (Å²) in [6.45, 7) is 0. The molecule has 0 aliphatic carbocycles. The molecule has 5 nitrogen and oxygen atoms in total. The second-order valence-electron chi connectivity index (χ2n) is 4.31. The zero-order chi connectivity index (χ0) is 14.7. The molecule has 2 aromatic rings. The Labute approximate surface area is 117 Å². The monoisotopic (exact) mass is 272 g/mol. The lowest BCUT2D eigenvalue weighted by molar-refractivity contribution is 0.0991. The number of rotatable bonds is 3. The number of nitrogens with zero attached hydrogens (tertiary/aromatic N) is 1. The lowest BCUT2D eigenvalue weighted by Crippen LogP contribution is -2.27. The Balaban J connectivity index is 2.41. The van der Waals surface area contributed by atoms with Crippen molar-refractivity contribution in [1.82, 2.24) is 0 Å². The maximum atomic E-state index is 12.5. The highest BCUT2D eigenvalue weighted by Gasteiger charge is 2.20. The standard InChI is InChI=1S/C15H16N2O3/c1-17(10-5-3-6-11(18)9-10)15(19)14-12(16)7-4-8-13(14)20-2/h3-9,18H,16H2,1-2H3. The third kappa shape index (κ3) is 2.51. The summed E-state index contributed by atoms with van der Waals surface area (Å²) < 4.78 is 5.18. The first-order valence-corrected chi connectivity index (χ1v) is 6.04. The van der Waals surface area contributed by atoms with E-state index in [1.807, 2.05) is 0 Å². The molecule has 0 saturated heterocycles. The second-order valence-corrected chi connectivity index (χ2v) is 4.31. The van der Waals surface area contributed by atoms with E-state index in [0.717, 1.165) is 0 Å². The van der Waals surface area contributed by atoms with Gasteiger partial charge in [-0.25, -0.2) is 0 Å². The predicted octanol–water partition coefficient (Wildman–Crippen LogP) is 2.26. The SMILES string of the molecule is COc1cccc(N)c1C(=O)N(C)c1cccc(O)c1. The van der Waals surface area contributed by atoms with Crippen LogP contribution < -0.4 is 15.4 Å². The van der Waals surface area contributed by atoms with Gasteiger partial charge in [-0.15, -0.1) is 0 Å². The van der Waals surface area contributed by atoms with Crippen LogP contribution in [0.2, 0.25) is 0 Å². The molecule has 1 amide bonds. The number of hydrogen-bond donors (Lipinski definition) is 2. The van der Waals surface area contributed by atoms with Crippen LogP contribution in [0, 0.1) is 0 Å². The number of benzene rings is 2. The van der Waals surface area contributed by atoms with E-state index in [0.29, 0.717) is 22.7 Å². The lowest BCUT2D eigenvalue weighted by Gasteiger charge is -2.20. The Hall–Kier alpha value is -2.69. The van der Waals surface area contributed by atoms with Gasteiger partial charge in [-0.2, -0.15) is 0 Å². The number of methoxy groups -OCH3 is 1. The Morgan fingerprint density at radius 3 is 2.60 bits per heavy atom. The number of ether oxygens (including phenoxy) is 1. The van der Waals surface area contributed by atoms with Gasteiger partial charge in [0.05, 0.1) is 7.11 Å². The van der Waals surface area contributed by atoms with Crippen molar-refractivity contribution in [2.45, 2.75) is 0 Å². The van der Waals surface area contributed by atoms with Gasteiger partial charge in [-0.05, 0) is 24.3 Å². The first-order chi connectivity index (χ1) is 9.54.